The average Bonchev–Trinajstić information content (AvgIpc) is 3.10. The number of carbonyl (C=O) groups is 1. The molecule has 1 N–H and O–H groups in total. The van der Waals surface area contributed by atoms with Gasteiger partial charge >= 0.3 is 5.97 Å². The minimum absolute atomic E-state index is 0.0494. The molecule has 0 aliphatic carbocycles. The van der Waals surface area contributed by atoms with Crippen LogP contribution in [0.2, 0.25) is 18.1 Å². The number of anilines is 1. The molecule has 2 aromatic rings. The molecule has 0 amide bonds. The summed E-state index contributed by atoms with van der Waals surface area (Å²) < 4.78 is 6.63. The van der Waals surface area contributed by atoms with Crippen LogP contribution >= 0.6 is 0 Å². The van der Waals surface area contributed by atoms with E-state index in [0.717, 1.165) is 30.9 Å². The van der Waals surface area contributed by atoms with Gasteiger partial charge in [-0.15, -0.1) is 0 Å². The minimum Gasteiger partial charge on any atom is -0.481 e. The Bertz CT molecular complexity index is 860. The number of hydrogen-bond acceptors (Lipinski definition) is 3. The maximum Gasteiger partial charge on any atom is 0.307 e. The van der Waals surface area contributed by atoms with Gasteiger partial charge in [-0.1, -0.05) is 69.3 Å². The van der Waals surface area contributed by atoms with E-state index in [4.69, 9.17) is 4.43 Å². The molecule has 0 aromatic heterocycles. The molecule has 3 rings (SSSR count). The van der Waals surface area contributed by atoms with Crippen LogP contribution in [0.1, 0.15) is 37.8 Å². The molecular weight excluding hydrogens is 390 g/mol. The van der Waals surface area contributed by atoms with Gasteiger partial charge in [-0.25, -0.2) is 0 Å². The van der Waals surface area contributed by atoms with Gasteiger partial charge in [0.1, 0.15) is 0 Å². The summed E-state index contributed by atoms with van der Waals surface area (Å²) in [6.07, 6.45) is 0.0494. The Morgan fingerprint density at radius 2 is 1.70 bits per heavy atom. The van der Waals surface area contributed by atoms with Gasteiger partial charge in [-0.05, 0) is 35.3 Å². The van der Waals surface area contributed by atoms with Crippen LogP contribution in [0.5, 0.6) is 0 Å². The highest BCUT2D eigenvalue weighted by molar-refractivity contribution is 6.74. The summed E-state index contributed by atoms with van der Waals surface area (Å²) in [4.78, 5) is 13.7. The summed E-state index contributed by atoms with van der Waals surface area (Å²) in [5.74, 6) is -0.0488. The number of aliphatic carboxylic acids is 1. The van der Waals surface area contributed by atoms with Crippen molar-refractivity contribution >= 4 is 20.0 Å². The summed E-state index contributed by atoms with van der Waals surface area (Å²) in [7, 11) is -1.83. The molecule has 30 heavy (non-hydrogen) atoms. The largest absolute Gasteiger partial charge is 0.481 e. The summed E-state index contributed by atoms with van der Waals surface area (Å²) in [5.41, 5.74) is 3.25. The standard InChI is InChI=1S/C25H35NO3Si/c1-25(2,3)30(4,5)29-18-21-16-26(17-22(21)19-11-7-6-8-12-19)23-14-10-9-13-20(23)15-24(27)28/h6-14,21-22H,15-18H2,1-5H3,(H,27,28)/t21-,22-/m1/s1. The number of rotatable bonds is 7. The van der Waals surface area contributed by atoms with Crippen LogP contribution in [-0.4, -0.2) is 39.1 Å². The molecule has 0 radical (unpaired) electrons. The predicted octanol–water partition coefficient (Wildman–Crippen LogP) is 5.56. The molecule has 1 fully saturated rings. The molecule has 1 aliphatic rings. The summed E-state index contributed by atoms with van der Waals surface area (Å²) >= 11 is 0. The maximum absolute atomic E-state index is 11.4. The lowest BCUT2D eigenvalue weighted by atomic mass is 9.90. The van der Waals surface area contributed by atoms with Crippen LogP contribution in [0, 0.1) is 5.92 Å². The molecule has 2 atom stereocenters. The second-order valence-corrected chi connectivity index (χ2v) is 14.8. The van der Waals surface area contributed by atoms with Crippen molar-refractivity contribution in [2.75, 3.05) is 24.6 Å². The first-order valence-corrected chi connectivity index (χ1v) is 13.7. The second-order valence-electron chi connectivity index (χ2n) is 9.95. The molecular formula is C25H35NO3Si. The van der Waals surface area contributed by atoms with Gasteiger partial charge in [0, 0.05) is 37.2 Å². The molecule has 2 aromatic carbocycles. The monoisotopic (exact) mass is 425 g/mol. The minimum atomic E-state index is -1.83. The SMILES string of the molecule is CC(C)(C)[Si](C)(C)OC[C@H]1CN(c2ccccc2CC(=O)O)C[C@@H]1c1ccccc1. The third-order valence-corrected chi connectivity index (χ3v) is 11.3. The van der Waals surface area contributed by atoms with Crippen LogP contribution < -0.4 is 4.90 Å². The quantitative estimate of drug-likeness (QED) is 0.590. The lowest BCUT2D eigenvalue weighted by molar-refractivity contribution is -0.136. The van der Waals surface area contributed by atoms with Gasteiger partial charge in [-0.3, -0.25) is 4.79 Å². The highest BCUT2D eigenvalue weighted by atomic mass is 28.4. The third-order valence-electron chi connectivity index (χ3n) is 6.81. The van der Waals surface area contributed by atoms with Crippen molar-refractivity contribution in [3.8, 4) is 0 Å². The van der Waals surface area contributed by atoms with Crippen LogP contribution in [0.3, 0.4) is 0 Å². The van der Waals surface area contributed by atoms with Crippen molar-refractivity contribution in [2.24, 2.45) is 5.92 Å². The van der Waals surface area contributed by atoms with Crippen molar-refractivity contribution in [1.29, 1.82) is 0 Å². The third kappa shape index (κ3) is 5.13. The van der Waals surface area contributed by atoms with Crippen LogP contribution in [0.25, 0.3) is 0 Å². The molecule has 0 spiro atoms. The van der Waals surface area contributed by atoms with Crippen molar-refractivity contribution < 1.29 is 14.3 Å². The Morgan fingerprint density at radius 3 is 2.33 bits per heavy atom. The van der Waals surface area contributed by atoms with E-state index in [2.05, 4.69) is 75.2 Å². The van der Waals surface area contributed by atoms with Crippen molar-refractivity contribution in [2.45, 2.75) is 51.2 Å². The zero-order valence-corrected chi connectivity index (χ0v) is 19.9. The van der Waals surface area contributed by atoms with Gasteiger partial charge in [0.15, 0.2) is 8.32 Å². The lowest BCUT2D eigenvalue weighted by Gasteiger charge is -2.37. The predicted molar refractivity (Wildman–Crippen MR) is 126 cm³/mol. The smallest absolute Gasteiger partial charge is 0.307 e. The van der Waals surface area contributed by atoms with E-state index >= 15 is 0 Å². The Kier molecular flexibility index (Phi) is 6.73. The van der Waals surface area contributed by atoms with Crippen LogP contribution in [-0.2, 0) is 15.6 Å². The highest BCUT2D eigenvalue weighted by Gasteiger charge is 2.40. The summed E-state index contributed by atoms with van der Waals surface area (Å²) in [5, 5.41) is 9.51. The zero-order valence-electron chi connectivity index (χ0n) is 18.9. The van der Waals surface area contributed by atoms with Gasteiger partial charge < -0.3 is 14.4 Å². The van der Waals surface area contributed by atoms with Crippen molar-refractivity contribution in [1.82, 2.24) is 0 Å². The van der Waals surface area contributed by atoms with E-state index in [1.54, 1.807) is 0 Å². The molecule has 0 bridgehead atoms. The number of carboxylic acid groups (broad SMARTS) is 1. The van der Waals surface area contributed by atoms with Gasteiger partial charge in [0.05, 0.1) is 6.42 Å². The fraction of sp³-hybridized carbons (Fsp3) is 0.480. The van der Waals surface area contributed by atoms with E-state index in [1.807, 2.05) is 18.2 Å². The fourth-order valence-electron chi connectivity index (χ4n) is 3.98. The van der Waals surface area contributed by atoms with Crippen molar-refractivity contribution in [3.63, 3.8) is 0 Å². The maximum atomic E-state index is 11.4. The van der Waals surface area contributed by atoms with Crippen LogP contribution in [0.4, 0.5) is 5.69 Å². The number of benzene rings is 2. The first-order chi connectivity index (χ1) is 14.1. The Balaban J connectivity index is 1.85. The number of para-hydroxylation sites is 1. The molecule has 0 unspecified atom stereocenters. The molecule has 1 heterocycles. The van der Waals surface area contributed by atoms with E-state index < -0.39 is 14.3 Å². The van der Waals surface area contributed by atoms with E-state index in [-0.39, 0.29) is 11.5 Å². The number of hydrogen-bond donors (Lipinski definition) is 1. The van der Waals surface area contributed by atoms with Crippen molar-refractivity contribution in [3.05, 3.63) is 65.7 Å². The van der Waals surface area contributed by atoms with Gasteiger partial charge in [0.2, 0.25) is 0 Å². The van der Waals surface area contributed by atoms with E-state index in [9.17, 15) is 9.90 Å². The highest BCUT2D eigenvalue weighted by Crippen LogP contribution is 2.40. The summed E-state index contributed by atoms with van der Waals surface area (Å²) in [6, 6.07) is 18.6. The second kappa shape index (κ2) is 8.94. The van der Waals surface area contributed by atoms with Gasteiger partial charge in [-0.2, -0.15) is 0 Å². The number of nitrogens with zero attached hydrogens (tertiary/aromatic N) is 1. The van der Waals surface area contributed by atoms with E-state index in [0.29, 0.717) is 11.8 Å². The first-order valence-electron chi connectivity index (χ1n) is 10.8. The number of carboxylic acids is 1. The first kappa shape index (κ1) is 22.6. The fourth-order valence-corrected chi connectivity index (χ4v) is 5.04. The zero-order chi connectivity index (χ0) is 21.9. The Hall–Kier alpha value is -2.11. The van der Waals surface area contributed by atoms with E-state index in [1.165, 1.54) is 5.56 Å². The molecule has 1 aliphatic heterocycles. The molecule has 4 nitrogen and oxygen atoms in total. The molecule has 0 saturated carbocycles. The molecule has 5 heteroatoms. The molecule has 162 valence electrons. The Labute approximate surface area is 182 Å². The topological polar surface area (TPSA) is 49.8 Å². The van der Waals surface area contributed by atoms with Gasteiger partial charge in [0.25, 0.3) is 0 Å². The Morgan fingerprint density at radius 1 is 1.07 bits per heavy atom. The lowest BCUT2D eigenvalue weighted by Crippen LogP contribution is -2.42. The van der Waals surface area contributed by atoms with Crippen LogP contribution in [0.15, 0.2) is 54.6 Å². The molecule has 1 saturated heterocycles. The average molecular weight is 426 g/mol. The summed E-state index contributed by atoms with van der Waals surface area (Å²) in [6.45, 7) is 13.9. The normalized spacial score (nSPS) is 19.8.